The molecule has 31 heavy (non-hydrogen) atoms. The van der Waals surface area contributed by atoms with E-state index in [-0.39, 0.29) is 5.54 Å². The number of rotatable bonds is 7. The first-order valence-corrected chi connectivity index (χ1v) is 12.2. The first kappa shape index (κ1) is 21.3. The van der Waals surface area contributed by atoms with Gasteiger partial charge in [0.15, 0.2) is 11.5 Å². The largest absolute Gasteiger partial charge is 0.493 e. The van der Waals surface area contributed by atoms with E-state index in [2.05, 4.69) is 52.2 Å². The molecular weight excluding hydrogens is 452 g/mol. The quantitative estimate of drug-likeness (QED) is 0.502. The van der Waals surface area contributed by atoms with E-state index in [1.807, 2.05) is 18.3 Å². The predicted octanol–water partition coefficient (Wildman–Crippen LogP) is 6.27. The van der Waals surface area contributed by atoms with E-state index in [1.165, 1.54) is 44.1 Å². The van der Waals surface area contributed by atoms with Gasteiger partial charge in [-0.25, -0.2) is 0 Å². The highest BCUT2D eigenvalue weighted by molar-refractivity contribution is 9.10. The highest BCUT2D eigenvalue weighted by Gasteiger charge is 2.59. The molecule has 4 atom stereocenters. The van der Waals surface area contributed by atoms with Crippen molar-refractivity contribution in [3.63, 3.8) is 0 Å². The third-order valence-electron chi connectivity index (χ3n) is 7.69. The van der Waals surface area contributed by atoms with E-state index in [9.17, 15) is 0 Å². The molecule has 0 saturated heterocycles. The zero-order valence-electron chi connectivity index (χ0n) is 18.8. The van der Waals surface area contributed by atoms with Crippen molar-refractivity contribution >= 4 is 15.9 Å². The molecule has 4 aliphatic carbocycles. The molecule has 0 spiro atoms. The summed E-state index contributed by atoms with van der Waals surface area (Å²) in [6.45, 7) is 6.37. The molecular formula is C26H33BrN2O2. The van der Waals surface area contributed by atoms with E-state index >= 15 is 0 Å². The van der Waals surface area contributed by atoms with Crippen molar-refractivity contribution < 1.29 is 9.47 Å². The van der Waals surface area contributed by atoms with Crippen molar-refractivity contribution in [1.29, 1.82) is 0 Å². The van der Waals surface area contributed by atoms with Crippen LogP contribution in [0.1, 0.15) is 63.5 Å². The molecule has 6 rings (SSSR count). The Morgan fingerprint density at radius 3 is 2.52 bits per heavy atom. The Kier molecular flexibility index (Phi) is 5.33. The molecule has 4 bridgehead atoms. The first-order valence-electron chi connectivity index (χ1n) is 11.4. The lowest BCUT2D eigenvalue weighted by Gasteiger charge is -2.65. The third kappa shape index (κ3) is 4.23. The van der Waals surface area contributed by atoms with Crippen LogP contribution >= 0.6 is 15.9 Å². The lowest BCUT2D eigenvalue weighted by atomic mass is 9.43. The van der Waals surface area contributed by atoms with Gasteiger partial charge in [0, 0.05) is 30.0 Å². The normalized spacial score (nSPS) is 33.5. The summed E-state index contributed by atoms with van der Waals surface area (Å²) < 4.78 is 12.7. The summed E-state index contributed by atoms with van der Waals surface area (Å²) >= 11 is 3.71. The van der Waals surface area contributed by atoms with Crippen molar-refractivity contribution in [1.82, 2.24) is 10.3 Å². The highest BCUT2D eigenvalue weighted by Crippen LogP contribution is 2.66. The number of nitrogens with one attached hydrogen (secondary N) is 1. The summed E-state index contributed by atoms with van der Waals surface area (Å²) in [5.41, 5.74) is 3.58. The summed E-state index contributed by atoms with van der Waals surface area (Å²) in [4.78, 5) is 4.16. The molecule has 2 aromatic rings. The van der Waals surface area contributed by atoms with Crippen LogP contribution < -0.4 is 14.8 Å². The van der Waals surface area contributed by atoms with Gasteiger partial charge in [0.25, 0.3) is 0 Å². The molecule has 4 nitrogen and oxygen atoms in total. The topological polar surface area (TPSA) is 43.4 Å². The third-order valence-corrected chi connectivity index (χ3v) is 8.28. The molecule has 1 N–H and O–H groups in total. The van der Waals surface area contributed by atoms with Gasteiger partial charge in [-0.1, -0.05) is 19.9 Å². The Morgan fingerprint density at radius 2 is 1.87 bits per heavy atom. The minimum atomic E-state index is 0.290. The molecule has 4 fully saturated rings. The van der Waals surface area contributed by atoms with Crippen LogP contribution in [-0.4, -0.2) is 17.6 Å². The molecule has 4 saturated carbocycles. The van der Waals surface area contributed by atoms with Gasteiger partial charge in [-0.2, -0.15) is 0 Å². The van der Waals surface area contributed by atoms with Crippen LogP contribution in [0.4, 0.5) is 0 Å². The van der Waals surface area contributed by atoms with E-state index in [4.69, 9.17) is 9.47 Å². The Bertz CT molecular complexity index is 945. The first-order chi connectivity index (χ1) is 14.8. The SMILES string of the molecule is COc1cc(CNC23CC4C[C@@](C)(C2)C[C@](C)(C4)C3)cc(Br)c1OCc1cccnc1. The average molecular weight is 485 g/mol. The number of benzene rings is 1. The summed E-state index contributed by atoms with van der Waals surface area (Å²) in [7, 11) is 1.71. The number of hydrogen-bond acceptors (Lipinski definition) is 4. The van der Waals surface area contributed by atoms with Gasteiger partial charge < -0.3 is 14.8 Å². The van der Waals surface area contributed by atoms with Crippen LogP contribution in [0.3, 0.4) is 0 Å². The lowest BCUT2D eigenvalue weighted by molar-refractivity contribution is -0.118. The fourth-order valence-electron chi connectivity index (χ4n) is 7.59. The van der Waals surface area contributed by atoms with Gasteiger partial charge >= 0.3 is 0 Å². The summed E-state index contributed by atoms with van der Waals surface area (Å²) in [5.74, 6) is 2.40. The van der Waals surface area contributed by atoms with Crippen molar-refractivity contribution in [2.75, 3.05) is 7.11 Å². The molecule has 5 heteroatoms. The second kappa shape index (κ2) is 7.77. The van der Waals surface area contributed by atoms with Crippen molar-refractivity contribution in [3.8, 4) is 11.5 Å². The predicted molar refractivity (Wildman–Crippen MR) is 126 cm³/mol. The van der Waals surface area contributed by atoms with Crippen LogP contribution in [0.5, 0.6) is 11.5 Å². The standard InChI is InChI=1S/C26H33BrN2O2/c1-24-9-20-10-25(2,15-24)17-26(11-20,16-24)29-13-19-7-21(27)23(22(8-19)30-3)31-14-18-5-4-6-28-12-18/h4-8,12,20,29H,9-11,13-17H2,1-3H3/t20?,24-,25+,26?. The molecule has 0 amide bonds. The van der Waals surface area contributed by atoms with E-state index < -0.39 is 0 Å². The summed E-state index contributed by atoms with van der Waals surface area (Å²) in [5, 5.41) is 4.02. The number of aromatic nitrogens is 1. The van der Waals surface area contributed by atoms with Gasteiger partial charge in [0.1, 0.15) is 6.61 Å². The zero-order valence-corrected chi connectivity index (χ0v) is 20.4. The maximum atomic E-state index is 6.07. The highest BCUT2D eigenvalue weighted by atomic mass is 79.9. The molecule has 2 unspecified atom stereocenters. The van der Waals surface area contributed by atoms with E-state index in [0.29, 0.717) is 17.4 Å². The smallest absolute Gasteiger partial charge is 0.175 e. The second-order valence-electron chi connectivity index (χ2n) is 11.0. The molecule has 1 heterocycles. The maximum Gasteiger partial charge on any atom is 0.175 e. The summed E-state index contributed by atoms with van der Waals surface area (Å²) in [6.07, 6.45) is 11.8. The zero-order chi connectivity index (χ0) is 21.7. The Balaban J connectivity index is 1.31. The van der Waals surface area contributed by atoms with Crippen LogP contribution in [0.25, 0.3) is 0 Å². The Labute approximate surface area is 194 Å². The van der Waals surface area contributed by atoms with E-state index in [1.54, 1.807) is 13.3 Å². The maximum absolute atomic E-state index is 6.07. The van der Waals surface area contributed by atoms with Crippen LogP contribution in [0.2, 0.25) is 0 Å². The van der Waals surface area contributed by atoms with E-state index in [0.717, 1.165) is 34.0 Å². The summed E-state index contributed by atoms with van der Waals surface area (Å²) in [6, 6.07) is 8.21. The molecule has 1 aromatic heterocycles. The molecule has 4 aliphatic rings. The number of halogens is 1. The van der Waals surface area contributed by atoms with Crippen LogP contribution in [-0.2, 0) is 13.2 Å². The molecule has 1 aromatic carbocycles. The molecule has 166 valence electrons. The molecule has 0 radical (unpaired) electrons. The number of pyridine rings is 1. The van der Waals surface area contributed by atoms with Crippen LogP contribution in [0.15, 0.2) is 41.1 Å². The number of nitrogens with zero attached hydrogens (tertiary/aromatic N) is 1. The minimum Gasteiger partial charge on any atom is -0.493 e. The monoisotopic (exact) mass is 484 g/mol. The van der Waals surface area contributed by atoms with Crippen molar-refractivity contribution in [3.05, 3.63) is 52.3 Å². The molecule has 0 aliphatic heterocycles. The van der Waals surface area contributed by atoms with Gasteiger partial charge in [0.05, 0.1) is 11.6 Å². The van der Waals surface area contributed by atoms with Crippen LogP contribution in [0, 0.1) is 16.7 Å². The fraction of sp³-hybridized carbons (Fsp3) is 0.577. The number of ether oxygens (including phenoxy) is 2. The van der Waals surface area contributed by atoms with Gasteiger partial charge in [-0.05, 0) is 95.0 Å². The number of methoxy groups -OCH3 is 1. The Hall–Kier alpha value is -1.59. The van der Waals surface area contributed by atoms with Gasteiger partial charge in [0.2, 0.25) is 0 Å². The van der Waals surface area contributed by atoms with Crippen molar-refractivity contribution in [2.45, 2.75) is 71.1 Å². The fourth-order valence-corrected chi connectivity index (χ4v) is 8.19. The number of hydrogen-bond donors (Lipinski definition) is 1. The van der Waals surface area contributed by atoms with Gasteiger partial charge in [-0.15, -0.1) is 0 Å². The minimum absolute atomic E-state index is 0.290. The second-order valence-corrected chi connectivity index (χ2v) is 11.9. The average Bonchev–Trinajstić information content (AvgIpc) is 2.69. The lowest BCUT2D eigenvalue weighted by Crippen LogP contribution is -2.63. The van der Waals surface area contributed by atoms with Gasteiger partial charge in [-0.3, -0.25) is 4.98 Å². The van der Waals surface area contributed by atoms with Crippen molar-refractivity contribution in [2.24, 2.45) is 16.7 Å². The Morgan fingerprint density at radius 1 is 1.10 bits per heavy atom.